The van der Waals surface area contributed by atoms with Gasteiger partial charge in [-0.3, -0.25) is 9.69 Å². The molecule has 0 atom stereocenters. The van der Waals surface area contributed by atoms with Crippen molar-refractivity contribution in [3.05, 3.63) is 65.3 Å². The van der Waals surface area contributed by atoms with Gasteiger partial charge in [-0.15, -0.1) is 11.3 Å². The number of benzene rings is 1. The number of nitrogens with zero attached hydrogens (tertiary/aromatic N) is 3. The Morgan fingerprint density at radius 2 is 1.94 bits per heavy atom. The first kappa shape index (κ1) is 21.5. The summed E-state index contributed by atoms with van der Waals surface area (Å²) in [6, 6.07) is 12.9. The molecule has 1 aromatic carbocycles. The highest BCUT2D eigenvalue weighted by Crippen LogP contribution is 2.46. The van der Waals surface area contributed by atoms with Crippen LogP contribution in [0, 0.1) is 6.92 Å². The first-order valence-electron chi connectivity index (χ1n) is 11.6. The van der Waals surface area contributed by atoms with E-state index in [1.807, 2.05) is 37.3 Å². The molecular formula is C26H23N5O3S. The van der Waals surface area contributed by atoms with E-state index in [-0.39, 0.29) is 18.0 Å². The van der Waals surface area contributed by atoms with E-state index in [9.17, 15) is 9.59 Å². The van der Waals surface area contributed by atoms with Gasteiger partial charge >= 0.3 is 6.03 Å². The summed E-state index contributed by atoms with van der Waals surface area (Å²) in [5.41, 5.74) is 2.65. The van der Waals surface area contributed by atoms with Crippen LogP contribution in [-0.2, 0) is 0 Å². The highest BCUT2D eigenvalue weighted by atomic mass is 32.1. The Labute approximate surface area is 206 Å². The van der Waals surface area contributed by atoms with E-state index in [2.05, 4.69) is 20.6 Å². The van der Waals surface area contributed by atoms with Crippen molar-refractivity contribution in [3.8, 4) is 11.6 Å². The van der Waals surface area contributed by atoms with Crippen molar-refractivity contribution in [2.24, 2.45) is 0 Å². The van der Waals surface area contributed by atoms with Gasteiger partial charge in [0.1, 0.15) is 15.5 Å². The maximum absolute atomic E-state index is 13.4. The number of hydrogen-bond donors (Lipinski definition) is 2. The molecule has 1 aliphatic carbocycles. The smallest absolute Gasteiger partial charge is 0.331 e. The summed E-state index contributed by atoms with van der Waals surface area (Å²) in [5, 5.41) is 6.83. The first-order chi connectivity index (χ1) is 17.1. The number of para-hydroxylation sites is 1. The van der Waals surface area contributed by atoms with Crippen molar-refractivity contribution in [1.29, 1.82) is 0 Å². The van der Waals surface area contributed by atoms with Gasteiger partial charge in [0.2, 0.25) is 5.88 Å². The lowest BCUT2D eigenvalue weighted by atomic mass is 10.1. The first-order valence-corrected chi connectivity index (χ1v) is 12.4. The molecule has 0 bridgehead atoms. The Morgan fingerprint density at radius 3 is 2.71 bits per heavy atom. The zero-order valence-corrected chi connectivity index (χ0v) is 19.9. The van der Waals surface area contributed by atoms with E-state index in [0.29, 0.717) is 38.4 Å². The molecule has 1 saturated carbocycles. The maximum Gasteiger partial charge on any atom is 0.331 e. The molecule has 176 valence electrons. The van der Waals surface area contributed by atoms with Crippen LogP contribution in [0.2, 0.25) is 0 Å². The van der Waals surface area contributed by atoms with E-state index < -0.39 is 0 Å². The molecule has 6 rings (SSSR count). The number of ether oxygens (including phenoxy) is 1. The number of anilines is 3. The minimum absolute atomic E-state index is 0.158. The largest absolute Gasteiger partial charge is 0.439 e. The third kappa shape index (κ3) is 3.87. The molecule has 0 saturated heterocycles. The summed E-state index contributed by atoms with van der Waals surface area (Å²) in [5.74, 6) is 0.969. The van der Waals surface area contributed by atoms with Crippen molar-refractivity contribution < 1.29 is 14.3 Å². The number of amides is 3. The highest BCUT2D eigenvalue weighted by Gasteiger charge is 2.34. The molecule has 0 radical (unpaired) electrons. The topological polar surface area (TPSA) is 96.5 Å². The standard InChI is InChI=1S/C26H23N5O3S/c1-15-13-20(34-17-9-3-2-4-10-17)28-14-19(15)31-18-11-12-27-25-21(18)22(30-26(31)33)23(35-25)24(32)29-16-7-5-6-8-16/h2-4,9-14,16H,5-8H2,1H3,(H,29,32)(H,30,33). The molecule has 8 nitrogen and oxygen atoms in total. The molecule has 0 spiro atoms. The predicted molar refractivity (Wildman–Crippen MR) is 136 cm³/mol. The molecular weight excluding hydrogens is 462 g/mol. The van der Waals surface area contributed by atoms with Crippen molar-refractivity contribution in [2.45, 2.75) is 38.6 Å². The number of aryl methyl sites for hydroxylation is 1. The minimum atomic E-state index is -0.347. The van der Waals surface area contributed by atoms with E-state index in [1.54, 1.807) is 29.4 Å². The fourth-order valence-corrected chi connectivity index (χ4v) is 5.75. The Morgan fingerprint density at radius 1 is 1.14 bits per heavy atom. The summed E-state index contributed by atoms with van der Waals surface area (Å²) in [7, 11) is 0. The summed E-state index contributed by atoms with van der Waals surface area (Å²) < 4.78 is 5.84. The number of carbonyl (C=O) groups excluding carboxylic acids is 2. The number of rotatable bonds is 5. The number of hydrogen-bond acceptors (Lipinski definition) is 6. The predicted octanol–water partition coefficient (Wildman–Crippen LogP) is 6.15. The Kier molecular flexibility index (Phi) is 5.33. The Hall–Kier alpha value is -3.98. The number of urea groups is 1. The molecule has 0 unspecified atom stereocenters. The molecule has 3 amide bonds. The van der Waals surface area contributed by atoms with E-state index >= 15 is 0 Å². The second-order valence-electron chi connectivity index (χ2n) is 8.76. The van der Waals surface area contributed by atoms with Crippen LogP contribution in [0.15, 0.2) is 54.9 Å². The summed E-state index contributed by atoms with van der Waals surface area (Å²) in [6.07, 6.45) is 7.54. The highest BCUT2D eigenvalue weighted by molar-refractivity contribution is 7.21. The lowest BCUT2D eigenvalue weighted by Gasteiger charge is -2.29. The maximum atomic E-state index is 13.4. The lowest BCUT2D eigenvalue weighted by molar-refractivity contribution is 0.0943. The second kappa shape index (κ2) is 8.66. The van der Waals surface area contributed by atoms with Crippen LogP contribution in [-0.4, -0.2) is 27.9 Å². The van der Waals surface area contributed by atoms with E-state index in [4.69, 9.17) is 4.74 Å². The van der Waals surface area contributed by atoms with Gasteiger partial charge in [0, 0.05) is 18.3 Å². The van der Waals surface area contributed by atoms with Crippen molar-refractivity contribution in [1.82, 2.24) is 15.3 Å². The van der Waals surface area contributed by atoms with Crippen LogP contribution in [0.25, 0.3) is 10.2 Å². The van der Waals surface area contributed by atoms with E-state index in [1.165, 1.54) is 11.3 Å². The van der Waals surface area contributed by atoms with Crippen LogP contribution >= 0.6 is 11.3 Å². The van der Waals surface area contributed by atoms with Gasteiger partial charge in [0.05, 0.1) is 28.6 Å². The van der Waals surface area contributed by atoms with Crippen molar-refractivity contribution in [2.75, 3.05) is 10.2 Å². The molecule has 4 aromatic rings. The lowest BCUT2D eigenvalue weighted by Crippen LogP contribution is -2.36. The van der Waals surface area contributed by atoms with Gasteiger partial charge in [0.25, 0.3) is 5.91 Å². The number of aromatic nitrogens is 2. The van der Waals surface area contributed by atoms with Crippen molar-refractivity contribution in [3.63, 3.8) is 0 Å². The van der Waals surface area contributed by atoms with Gasteiger partial charge in [-0.1, -0.05) is 31.0 Å². The molecule has 1 fully saturated rings. The van der Waals surface area contributed by atoms with Gasteiger partial charge in [0.15, 0.2) is 0 Å². The van der Waals surface area contributed by atoms with Gasteiger partial charge < -0.3 is 15.4 Å². The summed E-state index contributed by atoms with van der Waals surface area (Å²) >= 11 is 1.30. The number of carbonyl (C=O) groups is 2. The number of nitrogens with one attached hydrogen (secondary N) is 2. The van der Waals surface area contributed by atoms with Crippen LogP contribution in [0.4, 0.5) is 21.9 Å². The van der Waals surface area contributed by atoms with Gasteiger partial charge in [-0.25, -0.2) is 14.8 Å². The SMILES string of the molecule is Cc1cc(Oc2ccccc2)ncc1N1C(=O)Nc2c(C(=O)NC3CCCC3)sc3nccc1c23. The van der Waals surface area contributed by atoms with Crippen LogP contribution in [0.5, 0.6) is 11.6 Å². The molecule has 3 aromatic heterocycles. The molecule has 1 aliphatic heterocycles. The van der Waals surface area contributed by atoms with Crippen LogP contribution in [0.1, 0.15) is 40.9 Å². The Bertz CT molecular complexity index is 1450. The molecule has 9 heteroatoms. The number of thiophene rings is 1. The van der Waals surface area contributed by atoms with Gasteiger partial charge in [-0.05, 0) is 43.5 Å². The average Bonchev–Trinajstić information content (AvgIpc) is 3.50. The molecule has 2 aliphatic rings. The number of pyridine rings is 2. The normalized spacial score (nSPS) is 15.3. The molecule has 35 heavy (non-hydrogen) atoms. The fourth-order valence-electron chi connectivity index (χ4n) is 4.73. The Balaban J connectivity index is 1.36. The monoisotopic (exact) mass is 485 g/mol. The zero-order valence-electron chi connectivity index (χ0n) is 19.1. The third-order valence-electron chi connectivity index (χ3n) is 6.41. The van der Waals surface area contributed by atoms with Crippen LogP contribution < -0.4 is 20.3 Å². The average molecular weight is 486 g/mol. The summed E-state index contributed by atoms with van der Waals surface area (Å²) in [6.45, 7) is 1.91. The second-order valence-corrected chi connectivity index (χ2v) is 9.76. The fraction of sp³-hybridized carbons (Fsp3) is 0.231. The quantitative estimate of drug-likeness (QED) is 0.354. The summed E-state index contributed by atoms with van der Waals surface area (Å²) in [4.78, 5) is 38.1. The van der Waals surface area contributed by atoms with Gasteiger partial charge in [-0.2, -0.15) is 0 Å². The van der Waals surface area contributed by atoms with Crippen LogP contribution in [0.3, 0.4) is 0 Å². The molecule has 2 N–H and O–H groups in total. The zero-order chi connectivity index (χ0) is 23.9. The van der Waals surface area contributed by atoms with E-state index in [0.717, 1.165) is 36.6 Å². The molecule has 4 heterocycles. The minimum Gasteiger partial charge on any atom is -0.439 e. The van der Waals surface area contributed by atoms with Crippen molar-refractivity contribution >= 4 is 50.6 Å². The third-order valence-corrected chi connectivity index (χ3v) is 7.50.